The highest BCUT2D eigenvalue weighted by molar-refractivity contribution is 5.36. The number of hydrogen-bond donors (Lipinski definition) is 1. The second-order valence-electron chi connectivity index (χ2n) is 5.14. The van der Waals surface area contributed by atoms with Crippen LogP contribution in [0.4, 0.5) is 5.69 Å². The summed E-state index contributed by atoms with van der Waals surface area (Å²) in [7, 11) is 1.93. The van der Waals surface area contributed by atoms with E-state index >= 15 is 0 Å². The van der Waals surface area contributed by atoms with Gasteiger partial charge in [0.2, 0.25) is 0 Å². The fourth-order valence-corrected chi connectivity index (χ4v) is 2.32. The van der Waals surface area contributed by atoms with Gasteiger partial charge in [0.25, 0.3) is 5.69 Å². The number of hydrogen-bond acceptors (Lipinski definition) is 4. The molecule has 2 aromatic carbocycles. The lowest BCUT2D eigenvalue weighted by molar-refractivity contribution is -0.384. The molecular weight excluding hydrogens is 280 g/mol. The molecule has 0 spiro atoms. The topological polar surface area (TPSA) is 64.4 Å². The summed E-state index contributed by atoms with van der Waals surface area (Å²) in [6, 6.07) is 14.7. The zero-order valence-corrected chi connectivity index (χ0v) is 12.8. The summed E-state index contributed by atoms with van der Waals surface area (Å²) in [6.45, 7) is 2.61. The number of rotatable bonds is 7. The van der Waals surface area contributed by atoms with E-state index in [1.165, 1.54) is 23.3 Å². The van der Waals surface area contributed by atoms with E-state index in [9.17, 15) is 10.1 Å². The molecule has 2 rings (SSSR count). The molecule has 116 valence electrons. The number of nitro groups is 1. The predicted molar refractivity (Wildman–Crippen MR) is 86.2 cm³/mol. The lowest BCUT2D eigenvalue weighted by Crippen LogP contribution is -2.19. The van der Waals surface area contributed by atoms with Gasteiger partial charge < -0.3 is 10.1 Å². The number of nitrogens with one attached hydrogen (secondary N) is 1. The highest BCUT2D eigenvalue weighted by atomic mass is 16.6. The van der Waals surface area contributed by atoms with Crippen LogP contribution in [0, 0.1) is 17.0 Å². The van der Waals surface area contributed by atoms with Crippen molar-refractivity contribution in [3.05, 3.63) is 69.8 Å². The van der Waals surface area contributed by atoms with E-state index in [-0.39, 0.29) is 11.7 Å². The zero-order chi connectivity index (χ0) is 15.9. The zero-order valence-electron chi connectivity index (χ0n) is 12.8. The second-order valence-corrected chi connectivity index (χ2v) is 5.14. The van der Waals surface area contributed by atoms with Gasteiger partial charge in [0.15, 0.2) is 0 Å². The van der Waals surface area contributed by atoms with Crippen molar-refractivity contribution in [2.75, 3.05) is 13.7 Å². The molecule has 5 heteroatoms. The molecule has 0 amide bonds. The molecule has 5 nitrogen and oxygen atoms in total. The Kier molecular flexibility index (Phi) is 5.49. The Morgan fingerprint density at radius 3 is 2.55 bits per heavy atom. The summed E-state index contributed by atoms with van der Waals surface area (Å²) in [5.74, 6) is 0.643. The molecule has 0 aliphatic heterocycles. The smallest absolute Gasteiger partial charge is 0.269 e. The third kappa shape index (κ3) is 4.30. The Bertz CT molecular complexity index is 626. The van der Waals surface area contributed by atoms with Crippen LogP contribution in [0.15, 0.2) is 48.5 Å². The van der Waals surface area contributed by atoms with E-state index < -0.39 is 4.92 Å². The minimum atomic E-state index is -0.418. The van der Waals surface area contributed by atoms with Gasteiger partial charge in [-0.05, 0) is 31.7 Å². The molecule has 0 saturated carbocycles. The maximum atomic E-state index is 10.6. The first-order chi connectivity index (χ1) is 10.6. The van der Waals surface area contributed by atoms with Gasteiger partial charge in [0.05, 0.1) is 11.5 Å². The summed E-state index contributed by atoms with van der Waals surface area (Å²) in [5.41, 5.74) is 2.53. The standard InChI is InChI=1S/C17H20N2O3/c1-13-4-3-5-14(12-13)17(18-2)10-11-22-16-8-6-15(7-9-16)19(20)21/h3-9,12,17-18H,10-11H2,1-2H3/t17-/m0/s1. The van der Waals surface area contributed by atoms with Gasteiger partial charge >= 0.3 is 0 Å². The fourth-order valence-electron chi connectivity index (χ4n) is 2.32. The average molecular weight is 300 g/mol. The van der Waals surface area contributed by atoms with Crippen molar-refractivity contribution in [3.63, 3.8) is 0 Å². The van der Waals surface area contributed by atoms with Gasteiger partial charge in [0.1, 0.15) is 5.75 Å². The van der Waals surface area contributed by atoms with Gasteiger partial charge in [-0.1, -0.05) is 29.8 Å². The number of nitrogens with zero attached hydrogens (tertiary/aromatic N) is 1. The van der Waals surface area contributed by atoms with Crippen LogP contribution < -0.4 is 10.1 Å². The minimum Gasteiger partial charge on any atom is -0.494 e. The normalized spacial score (nSPS) is 11.9. The molecule has 0 aliphatic carbocycles. The van der Waals surface area contributed by atoms with Crippen LogP contribution in [0.1, 0.15) is 23.6 Å². The molecular formula is C17H20N2O3. The highest BCUT2D eigenvalue weighted by Crippen LogP contribution is 2.20. The van der Waals surface area contributed by atoms with Crippen molar-refractivity contribution in [1.82, 2.24) is 5.32 Å². The Morgan fingerprint density at radius 2 is 1.95 bits per heavy atom. The summed E-state index contributed by atoms with van der Waals surface area (Å²) in [6.07, 6.45) is 0.816. The molecule has 0 aliphatic rings. The van der Waals surface area contributed by atoms with Gasteiger partial charge in [-0.3, -0.25) is 10.1 Å². The number of benzene rings is 2. The van der Waals surface area contributed by atoms with Gasteiger partial charge in [-0.25, -0.2) is 0 Å². The van der Waals surface area contributed by atoms with Gasteiger partial charge in [0, 0.05) is 24.6 Å². The molecule has 0 bridgehead atoms. The van der Waals surface area contributed by atoms with E-state index in [4.69, 9.17) is 4.74 Å². The number of aryl methyl sites for hydroxylation is 1. The summed E-state index contributed by atoms with van der Waals surface area (Å²) >= 11 is 0. The van der Waals surface area contributed by atoms with E-state index in [0.29, 0.717) is 12.4 Å². The first kappa shape index (κ1) is 16.0. The predicted octanol–water partition coefficient (Wildman–Crippen LogP) is 3.63. The van der Waals surface area contributed by atoms with E-state index in [1.807, 2.05) is 13.1 Å². The van der Waals surface area contributed by atoms with E-state index in [1.54, 1.807) is 12.1 Å². The Labute approximate surface area is 130 Å². The third-order valence-electron chi connectivity index (χ3n) is 3.52. The molecule has 0 saturated heterocycles. The average Bonchev–Trinajstić information content (AvgIpc) is 2.52. The van der Waals surface area contributed by atoms with Gasteiger partial charge in [-0.15, -0.1) is 0 Å². The molecule has 2 aromatic rings. The van der Waals surface area contributed by atoms with Crippen LogP contribution in [0.2, 0.25) is 0 Å². The van der Waals surface area contributed by atoms with Crippen LogP contribution in [0.3, 0.4) is 0 Å². The van der Waals surface area contributed by atoms with Gasteiger partial charge in [-0.2, -0.15) is 0 Å². The fraction of sp³-hybridized carbons (Fsp3) is 0.294. The van der Waals surface area contributed by atoms with Crippen molar-refractivity contribution in [2.24, 2.45) is 0 Å². The molecule has 0 heterocycles. The van der Waals surface area contributed by atoms with Crippen molar-refractivity contribution in [2.45, 2.75) is 19.4 Å². The molecule has 0 radical (unpaired) electrons. The second kappa shape index (κ2) is 7.56. The summed E-state index contributed by atoms with van der Waals surface area (Å²) < 4.78 is 5.66. The van der Waals surface area contributed by atoms with Crippen molar-refractivity contribution in [1.29, 1.82) is 0 Å². The monoisotopic (exact) mass is 300 g/mol. The summed E-state index contributed by atoms with van der Waals surface area (Å²) in [4.78, 5) is 10.2. The number of nitro benzene ring substituents is 1. The number of ether oxygens (including phenoxy) is 1. The van der Waals surface area contributed by atoms with Crippen molar-refractivity contribution < 1.29 is 9.66 Å². The van der Waals surface area contributed by atoms with Crippen LogP contribution in [0.5, 0.6) is 5.75 Å². The number of non-ortho nitro benzene ring substituents is 1. The maximum absolute atomic E-state index is 10.6. The molecule has 0 aromatic heterocycles. The summed E-state index contributed by atoms with van der Waals surface area (Å²) in [5, 5.41) is 13.9. The van der Waals surface area contributed by atoms with E-state index in [2.05, 4.69) is 30.4 Å². The first-order valence-electron chi connectivity index (χ1n) is 7.21. The lowest BCUT2D eigenvalue weighted by Gasteiger charge is -2.17. The first-order valence-corrected chi connectivity index (χ1v) is 7.21. The molecule has 0 unspecified atom stereocenters. The lowest BCUT2D eigenvalue weighted by atomic mass is 10.0. The van der Waals surface area contributed by atoms with Crippen LogP contribution in [-0.2, 0) is 0 Å². The molecule has 1 N–H and O–H groups in total. The van der Waals surface area contributed by atoms with E-state index in [0.717, 1.165) is 6.42 Å². The van der Waals surface area contributed by atoms with Crippen molar-refractivity contribution >= 4 is 5.69 Å². The Balaban J connectivity index is 1.90. The maximum Gasteiger partial charge on any atom is 0.269 e. The highest BCUT2D eigenvalue weighted by Gasteiger charge is 2.10. The Hall–Kier alpha value is -2.40. The minimum absolute atomic E-state index is 0.0696. The van der Waals surface area contributed by atoms with Crippen LogP contribution in [0.25, 0.3) is 0 Å². The molecule has 0 fully saturated rings. The molecule has 22 heavy (non-hydrogen) atoms. The SMILES string of the molecule is CN[C@@H](CCOc1ccc([N+](=O)[O-])cc1)c1cccc(C)c1. The Morgan fingerprint density at radius 1 is 1.23 bits per heavy atom. The quantitative estimate of drug-likeness (QED) is 0.626. The van der Waals surface area contributed by atoms with Crippen molar-refractivity contribution in [3.8, 4) is 5.75 Å². The molecule has 1 atom stereocenters. The largest absolute Gasteiger partial charge is 0.494 e. The third-order valence-corrected chi connectivity index (χ3v) is 3.52. The van der Waals surface area contributed by atoms with Crippen LogP contribution in [-0.4, -0.2) is 18.6 Å². The van der Waals surface area contributed by atoms with Crippen LogP contribution >= 0.6 is 0 Å².